The van der Waals surface area contributed by atoms with E-state index >= 15 is 0 Å². The largest absolute Gasteiger partial charge is 0.338 e. The van der Waals surface area contributed by atoms with Gasteiger partial charge in [-0.2, -0.15) is 0 Å². The summed E-state index contributed by atoms with van der Waals surface area (Å²) in [5.74, 6) is -0.174. The molecule has 0 aliphatic carbocycles. The van der Waals surface area contributed by atoms with E-state index in [1.807, 2.05) is 18.2 Å². The minimum absolute atomic E-state index is 0.108. The Labute approximate surface area is 145 Å². The molecule has 0 unspecified atom stereocenters. The molecular weight excluding hydrogens is 321 g/mol. The minimum atomic E-state index is -0.332. The first-order chi connectivity index (χ1) is 12.1. The fraction of sp³-hybridized carbons (Fsp3) is 0.263. The van der Waals surface area contributed by atoms with E-state index in [2.05, 4.69) is 10.6 Å². The van der Waals surface area contributed by atoms with E-state index in [1.165, 1.54) is 12.1 Å². The summed E-state index contributed by atoms with van der Waals surface area (Å²) in [4.78, 5) is 25.5. The predicted octanol–water partition coefficient (Wildman–Crippen LogP) is 3.32. The summed E-state index contributed by atoms with van der Waals surface area (Å²) < 4.78 is 13.1. The van der Waals surface area contributed by atoms with Crippen molar-refractivity contribution in [3.63, 3.8) is 0 Å². The van der Waals surface area contributed by atoms with Gasteiger partial charge in [0.1, 0.15) is 5.82 Å². The number of amides is 3. The van der Waals surface area contributed by atoms with Crippen LogP contribution in [-0.2, 0) is 11.2 Å². The van der Waals surface area contributed by atoms with Gasteiger partial charge in [-0.25, -0.2) is 9.18 Å². The summed E-state index contributed by atoms with van der Waals surface area (Å²) in [6, 6.07) is 13.2. The second-order valence-electron chi connectivity index (χ2n) is 5.96. The lowest BCUT2D eigenvalue weighted by Crippen LogP contribution is -2.30. The van der Waals surface area contributed by atoms with E-state index in [0.717, 1.165) is 17.7 Å². The van der Waals surface area contributed by atoms with Crippen LogP contribution in [0, 0.1) is 5.82 Å². The number of urea groups is 1. The molecule has 2 aromatic carbocycles. The van der Waals surface area contributed by atoms with Gasteiger partial charge in [-0.1, -0.05) is 18.2 Å². The molecule has 0 spiro atoms. The molecule has 3 amide bonds. The Morgan fingerprint density at radius 2 is 2.00 bits per heavy atom. The van der Waals surface area contributed by atoms with Gasteiger partial charge in [0.25, 0.3) is 0 Å². The monoisotopic (exact) mass is 341 g/mol. The maximum Gasteiger partial charge on any atom is 0.319 e. The van der Waals surface area contributed by atoms with Crippen LogP contribution in [-0.4, -0.2) is 25.0 Å². The van der Waals surface area contributed by atoms with Gasteiger partial charge < -0.3 is 15.5 Å². The summed E-state index contributed by atoms with van der Waals surface area (Å²) in [5.41, 5.74) is 2.25. The second-order valence-corrected chi connectivity index (χ2v) is 5.96. The summed E-state index contributed by atoms with van der Waals surface area (Å²) in [7, 11) is 0. The van der Waals surface area contributed by atoms with Gasteiger partial charge in [-0.05, 0) is 48.7 Å². The van der Waals surface area contributed by atoms with E-state index in [1.54, 1.807) is 23.1 Å². The van der Waals surface area contributed by atoms with Gasteiger partial charge in [0.05, 0.1) is 0 Å². The number of anilines is 2. The number of halogens is 1. The van der Waals surface area contributed by atoms with Gasteiger partial charge in [0.15, 0.2) is 0 Å². The summed E-state index contributed by atoms with van der Waals surface area (Å²) in [5, 5.41) is 5.50. The number of carbonyl (C=O) groups excluding carboxylic acids is 2. The zero-order chi connectivity index (χ0) is 17.6. The molecule has 2 N–H and O–H groups in total. The van der Waals surface area contributed by atoms with Crippen LogP contribution < -0.4 is 15.5 Å². The highest BCUT2D eigenvalue weighted by Crippen LogP contribution is 2.24. The molecule has 1 aliphatic rings. The SMILES string of the molecule is O=C(NCCc1cccc(F)c1)Nc1cccc(N2CCCC2=O)c1. The smallest absolute Gasteiger partial charge is 0.319 e. The Hall–Kier alpha value is -2.89. The van der Waals surface area contributed by atoms with Crippen molar-refractivity contribution in [3.05, 3.63) is 59.9 Å². The second kappa shape index (κ2) is 7.79. The average molecular weight is 341 g/mol. The fourth-order valence-electron chi connectivity index (χ4n) is 2.86. The highest BCUT2D eigenvalue weighted by molar-refractivity contribution is 5.96. The molecule has 5 nitrogen and oxygen atoms in total. The standard InChI is InChI=1S/C19H20FN3O2/c20-15-5-1-4-14(12-15)9-10-21-19(25)22-16-6-2-7-17(13-16)23-11-3-8-18(23)24/h1-2,4-7,12-13H,3,8-11H2,(H2,21,22,25). The maximum absolute atomic E-state index is 13.1. The van der Waals surface area contributed by atoms with Crippen LogP contribution in [0.4, 0.5) is 20.6 Å². The Balaban J connectivity index is 1.51. The molecule has 0 radical (unpaired) electrons. The van der Waals surface area contributed by atoms with Crippen molar-refractivity contribution >= 4 is 23.3 Å². The van der Waals surface area contributed by atoms with Gasteiger partial charge in [0.2, 0.25) is 5.91 Å². The molecule has 0 bridgehead atoms. The molecule has 0 saturated carbocycles. The van der Waals surface area contributed by atoms with Gasteiger partial charge in [0, 0.05) is 30.9 Å². The number of benzene rings is 2. The van der Waals surface area contributed by atoms with E-state index in [4.69, 9.17) is 0 Å². The van der Waals surface area contributed by atoms with Crippen LogP contribution >= 0.6 is 0 Å². The normalized spacial score (nSPS) is 13.8. The van der Waals surface area contributed by atoms with E-state index in [-0.39, 0.29) is 17.8 Å². The van der Waals surface area contributed by atoms with E-state index in [9.17, 15) is 14.0 Å². The molecule has 1 saturated heterocycles. The van der Waals surface area contributed by atoms with Gasteiger partial charge in [-0.3, -0.25) is 4.79 Å². The van der Waals surface area contributed by atoms with Crippen LogP contribution in [0.2, 0.25) is 0 Å². The van der Waals surface area contributed by atoms with Crippen molar-refractivity contribution in [2.45, 2.75) is 19.3 Å². The minimum Gasteiger partial charge on any atom is -0.338 e. The number of nitrogens with one attached hydrogen (secondary N) is 2. The molecule has 1 heterocycles. The Morgan fingerprint density at radius 3 is 2.76 bits per heavy atom. The molecule has 0 atom stereocenters. The third kappa shape index (κ3) is 4.56. The molecule has 3 rings (SSSR count). The molecule has 2 aromatic rings. The molecular formula is C19H20FN3O2. The Morgan fingerprint density at radius 1 is 1.16 bits per heavy atom. The highest BCUT2D eigenvalue weighted by Gasteiger charge is 2.21. The molecule has 1 fully saturated rings. The third-order valence-corrected chi connectivity index (χ3v) is 4.08. The number of hydrogen-bond donors (Lipinski definition) is 2. The van der Waals surface area contributed by atoms with Crippen molar-refractivity contribution in [2.75, 3.05) is 23.3 Å². The fourth-order valence-corrected chi connectivity index (χ4v) is 2.86. The third-order valence-electron chi connectivity index (χ3n) is 4.08. The number of nitrogens with zero attached hydrogens (tertiary/aromatic N) is 1. The average Bonchev–Trinajstić information content (AvgIpc) is 3.01. The molecule has 130 valence electrons. The number of hydrogen-bond acceptors (Lipinski definition) is 2. The lowest BCUT2D eigenvalue weighted by Gasteiger charge is -2.17. The molecule has 25 heavy (non-hydrogen) atoms. The lowest BCUT2D eigenvalue weighted by molar-refractivity contribution is -0.117. The van der Waals surface area contributed by atoms with Crippen LogP contribution in [0.25, 0.3) is 0 Å². The maximum atomic E-state index is 13.1. The summed E-state index contributed by atoms with van der Waals surface area (Å²) in [6.45, 7) is 1.11. The lowest BCUT2D eigenvalue weighted by atomic mass is 10.1. The first-order valence-corrected chi connectivity index (χ1v) is 8.31. The Kier molecular flexibility index (Phi) is 5.28. The van der Waals surface area contributed by atoms with Crippen LogP contribution in [0.3, 0.4) is 0 Å². The Bertz CT molecular complexity index is 779. The highest BCUT2D eigenvalue weighted by atomic mass is 19.1. The summed E-state index contributed by atoms with van der Waals surface area (Å²) >= 11 is 0. The van der Waals surface area contributed by atoms with Crippen molar-refractivity contribution in [1.82, 2.24) is 5.32 Å². The molecule has 6 heteroatoms. The van der Waals surface area contributed by atoms with Crippen molar-refractivity contribution in [1.29, 1.82) is 0 Å². The van der Waals surface area contributed by atoms with Gasteiger partial charge in [-0.15, -0.1) is 0 Å². The molecule has 1 aliphatic heterocycles. The van der Waals surface area contributed by atoms with Crippen LogP contribution in [0.15, 0.2) is 48.5 Å². The van der Waals surface area contributed by atoms with Crippen LogP contribution in [0.5, 0.6) is 0 Å². The zero-order valence-corrected chi connectivity index (χ0v) is 13.8. The topological polar surface area (TPSA) is 61.4 Å². The van der Waals surface area contributed by atoms with E-state index < -0.39 is 0 Å². The first-order valence-electron chi connectivity index (χ1n) is 8.31. The number of rotatable bonds is 5. The molecule has 0 aromatic heterocycles. The predicted molar refractivity (Wildman–Crippen MR) is 95.2 cm³/mol. The van der Waals surface area contributed by atoms with Crippen molar-refractivity contribution in [2.24, 2.45) is 0 Å². The summed E-state index contributed by atoms with van der Waals surface area (Å²) in [6.07, 6.45) is 1.97. The zero-order valence-electron chi connectivity index (χ0n) is 13.8. The van der Waals surface area contributed by atoms with Crippen molar-refractivity contribution in [3.8, 4) is 0 Å². The quantitative estimate of drug-likeness (QED) is 0.876. The van der Waals surface area contributed by atoms with Gasteiger partial charge >= 0.3 is 6.03 Å². The van der Waals surface area contributed by atoms with Crippen LogP contribution in [0.1, 0.15) is 18.4 Å². The number of carbonyl (C=O) groups is 2. The van der Waals surface area contributed by atoms with E-state index in [0.29, 0.717) is 31.6 Å². The van der Waals surface area contributed by atoms with Crippen molar-refractivity contribution < 1.29 is 14.0 Å². The first kappa shape index (κ1) is 17.0.